The lowest BCUT2D eigenvalue weighted by Crippen LogP contribution is -2.31. The van der Waals surface area contributed by atoms with E-state index in [1.165, 1.54) is 6.26 Å². The summed E-state index contributed by atoms with van der Waals surface area (Å²) in [4.78, 5) is 18.8. The van der Waals surface area contributed by atoms with E-state index in [1.807, 2.05) is 37.3 Å². The van der Waals surface area contributed by atoms with Gasteiger partial charge in [-0.15, -0.1) is 10.2 Å². The fraction of sp³-hybridized carbons (Fsp3) is 0.480. The van der Waals surface area contributed by atoms with E-state index in [1.54, 1.807) is 18.0 Å². The van der Waals surface area contributed by atoms with Crippen LogP contribution in [0.4, 0.5) is 0 Å². The van der Waals surface area contributed by atoms with Gasteiger partial charge in [0, 0.05) is 24.3 Å². The molecule has 3 aromatic rings. The van der Waals surface area contributed by atoms with Crippen LogP contribution < -0.4 is 14.8 Å². The van der Waals surface area contributed by atoms with E-state index in [4.69, 9.17) is 4.74 Å². The number of carbonyl (C=O) groups excluding carboxylic acids is 1. The molecule has 0 spiro atoms. The second-order valence-corrected chi connectivity index (χ2v) is 11.4. The van der Waals surface area contributed by atoms with Crippen LogP contribution in [0, 0.1) is 18.8 Å². The minimum atomic E-state index is -3.16. The van der Waals surface area contributed by atoms with Crippen molar-refractivity contribution in [2.75, 3.05) is 19.9 Å². The summed E-state index contributed by atoms with van der Waals surface area (Å²) in [5, 5.41) is 15.9. The highest BCUT2D eigenvalue weighted by Gasteiger charge is 2.23. The van der Waals surface area contributed by atoms with Gasteiger partial charge in [0.2, 0.25) is 15.8 Å². The number of amides is 1. The number of rotatable bonds is 10. The summed E-state index contributed by atoms with van der Waals surface area (Å²) in [5.41, 5.74) is 2.57. The van der Waals surface area contributed by atoms with Crippen LogP contribution in [0.25, 0.3) is 11.4 Å². The number of hydrogen-bond acceptors (Lipinski definition) is 8. The van der Waals surface area contributed by atoms with Crippen LogP contribution in [0.3, 0.4) is 0 Å². The molecule has 1 aliphatic rings. The van der Waals surface area contributed by atoms with E-state index < -0.39 is 10.0 Å². The first-order chi connectivity index (χ1) is 17.7. The Morgan fingerprint density at radius 3 is 2.62 bits per heavy atom. The number of methoxy groups -OCH3 is 1. The number of aryl methyl sites for hydroxylation is 1. The molecule has 0 radical (unpaired) electrons. The van der Waals surface area contributed by atoms with E-state index in [-0.39, 0.29) is 11.6 Å². The van der Waals surface area contributed by atoms with Gasteiger partial charge in [-0.3, -0.25) is 4.79 Å². The van der Waals surface area contributed by atoms with Crippen LogP contribution in [0.1, 0.15) is 47.4 Å². The zero-order chi connectivity index (χ0) is 26.4. The quantitative estimate of drug-likeness (QED) is 0.409. The van der Waals surface area contributed by atoms with Crippen LogP contribution >= 0.6 is 0 Å². The molecule has 0 aliphatic heterocycles. The lowest BCUT2D eigenvalue weighted by Gasteiger charge is -2.27. The van der Waals surface area contributed by atoms with Crippen molar-refractivity contribution >= 4 is 15.9 Å². The first-order valence-corrected chi connectivity index (χ1v) is 14.2. The highest BCUT2D eigenvalue weighted by molar-refractivity contribution is 7.88. The molecule has 12 heteroatoms. The van der Waals surface area contributed by atoms with Crippen molar-refractivity contribution in [3.05, 3.63) is 53.3 Å². The van der Waals surface area contributed by atoms with Gasteiger partial charge >= 0.3 is 0 Å². The number of benzene rings is 1. The first-order valence-electron chi connectivity index (χ1n) is 12.3. The molecule has 11 nitrogen and oxygen atoms in total. The van der Waals surface area contributed by atoms with Crippen LogP contribution in [0.5, 0.6) is 5.75 Å². The SMILES string of the molecule is COc1cccc(CNC(=O)c2cc(-c3nnn(CC4CCC(CNS(C)(=O)=O)CC4)n3)cc(C)n2)c1. The molecular weight excluding hydrogens is 494 g/mol. The molecule has 2 aromatic heterocycles. The number of nitrogens with one attached hydrogen (secondary N) is 2. The van der Waals surface area contributed by atoms with Gasteiger partial charge in [0.05, 0.1) is 19.9 Å². The first kappa shape index (κ1) is 26.7. The van der Waals surface area contributed by atoms with Gasteiger partial charge in [-0.1, -0.05) is 12.1 Å². The summed E-state index contributed by atoms with van der Waals surface area (Å²) >= 11 is 0. The van der Waals surface area contributed by atoms with E-state index >= 15 is 0 Å². The molecule has 1 aliphatic carbocycles. The molecule has 2 heterocycles. The van der Waals surface area contributed by atoms with Crippen molar-refractivity contribution in [2.24, 2.45) is 11.8 Å². The molecule has 0 atom stereocenters. The Morgan fingerprint density at radius 2 is 1.89 bits per heavy atom. The molecule has 37 heavy (non-hydrogen) atoms. The lowest BCUT2D eigenvalue weighted by atomic mass is 9.82. The molecule has 198 valence electrons. The molecule has 0 bridgehead atoms. The predicted molar refractivity (Wildman–Crippen MR) is 138 cm³/mol. The molecule has 0 unspecified atom stereocenters. The van der Waals surface area contributed by atoms with Crippen molar-refractivity contribution in [1.29, 1.82) is 0 Å². The van der Waals surface area contributed by atoms with Crippen molar-refractivity contribution in [3.63, 3.8) is 0 Å². The number of aromatic nitrogens is 5. The molecule has 1 aromatic carbocycles. The maximum Gasteiger partial charge on any atom is 0.270 e. The maximum atomic E-state index is 12.8. The lowest BCUT2D eigenvalue weighted by molar-refractivity contribution is 0.0945. The fourth-order valence-electron chi connectivity index (χ4n) is 4.52. The summed E-state index contributed by atoms with van der Waals surface area (Å²) in [6, 6.07) is 11.0. The van der Waals surface area contributed by atoms with E-state index in [0.29, 0.717) is 48.6 Å². The van der Waals surface area contributed by atoms with Gasteiger partial charge in [0.25, 0.3) is 5.91 Å². The number of carbonyl (C=O) groups is 1. The van der Waals surface area contributed by atoms with E-state index in [2.05, 4.69) is 30.4 Å². The Morgan fingerprint density at radius 1 is 1.14 bits per heavy atom. The van der Waals surface area contributed by atoms with Crippen molar-refractivity contribution in [2.45, 2.75) is 45.7 Å². The molecule has 1 amide bonds. The number of sulfonamides is 1. The normalized spacial score (nSPS) is 17.9. The average molecular weight is 528 g/mol. The third-order valence-corrected chi connectivity index (χ3v) is 7.20. The Hall–Kier alpha value is -3.38. The second-order valence-electron chi connectivity index (χ2n) is 9.59. The zero-order valence-electron chi connectivity index (χ0n) is 21.3. The standard InChI is InChI=1S/C25H33N7O4S/c1-17-11-21(13-23(28-17)25(33)26-14-20-5-4-6-22(12-20)36-2)24-29-31-32(30-24)16-19-9-7-18(8-10-19)15-27-37(3,34)35/h4-6,11-13,18-19,27H,7-10,14-16H2,1-3H3,(H,26,33). The zero-order valence-corrected chi connectivity index (χ0v) is 22.2. The molecule has 1 saturated carbocycles. The van der Waals surface area contributed by atoms with Crippen LogP contribution in [-0.4, -0.2) is 59.4 Å². The Balaban J connectivity index is 1.34. The monoisotopic (exact) mass is 527 g/mol. The highest BCUT2D eigenvalue weighted by Crippen LogP contribution is 2.29. The fourth-order valence-corrected chi connectivity index (χ4v) is 5.06. The number of nitrogens with zero attached hydrogens (tertiary/aromatic N) is 5. The Labute approximate surface area is 217 Å². The van der Waals surface area contributed by atoms with Crippen LogP contribution in [0.15, 0.2) is 36.4 Å². The van der Waals surface area contributed by atoms with E-state index in [9.17, 15) is 13.2 Å². The summed E-state index contributed by atoms with van der Waals surface area (Å²) in [6.07, 6.45) is 5.09. The number of ether oxygens (including phenoxy) is 1. The topological polar surface area (TPSA) is 141 Å². The average Bonchev–Trinajstić information content (AvgIpc) is 3.34. The van der Waals surface area contributed by atoms with Gasteiger partial charge in [-0.05, 0) is 79.5 Å². The van der Waals surface area contributed by atoms with Gasteiger partial charge in [-0.25, -0.2) is 18.1 Å². The van der Waals surface area contributed by atoms with Gasteiger partial charge in [0.1, 0.15) is 11.4 Å². The predicted octanol–water partition coefficient (Wildman–Crippen LogP) is 2.34. The molecule has 2 N–H and O–H groups in total. The summed E-state index contributed by atoms with van der Waals surface area (Å²) in [7, 11) is -1.55. The summed E-state index contributed by atoms with van der Waals surface area (Å²) in [5.74, 6) is 1.65. The minimum Gasteiger partial charge on any atom is -0.497 e. The highest BCUT2D eigenvalue weighted by atomic mass is 32.2. The number of tetrazole rings is 1. The van der Waals surface area contributed by atoms with Gasteiger partial charge in [-0.2, -0.15) is 4.80 Å². The van der Waals surface area contributed by atoms with Gasteiger partial charge < -0.3 is 10.1 Å². The van der Waals surface area contributed by atoms with Crippen LogP contribution in [0.2, 0.25) is 0 Å². The third-order valence-electron chi connectivity index (χ3n) is 6.51. The maximum absolute atomic E-state index is 12.8. The summed E-state index contributed by atoms with van der Waals surface area (Å²) < 4.78 is 30.5. The molecular formula is C25H33N7O4S. The third kappa shape index (κ3) is 7.80. The van der Waals surface area contributed by atoms with Gasteiger partial charge in [0.15, 0.2) is 0 Å². The smallest absolute Gasteiger partial charge is 0.270 e. The van der Waals surface area contributed by atoms with Crippen molar-refractivity contribution in [1.82, 2.24) is 35.2 Å². The molecule has 1 fully saturated rings. The second kappa shape index (κ2) is 11.8. The van der Waals surface area contributed by atoms with Crippen LogP contribution in [-0.2, 0) is 23.1 Å². The number of hydrogen-bond donors (Lipinski definition) is 2. The Bertz CT molecular complexity index is 1330. The largest absolute Gasteiger partial charge is 0.497 e. The van der Waals surface area contributed by atoms with E-state index in [0.717, 1.165) is 37.0 Å². The number of pyridine rings is 1. The Kier molecular flexibility index (Phi) is 8.49. The molecule has 0 saturated heterocycles. The minimum absolute atomic E-state index is 0.287. The summed E-state index contributed by atoms with van der Waals surface area (Å²) in [6.45, 7) is 3.32. The van der Waals surface area contributed by atoms with Crippen molar-refractivity contribution < 1.29 is 17.9 Å². The van der Waals surface area contributed by atoms with Crippen molar-refractivity contribution in [3.8, 4) is 17.1 Å². The molecule has 4 rings (SSSR count).